The molecule has 0 bridgehead atoms. The van der Waals surface area contributed by atoms with Crippen LogP contribution in [0.25, 0.3) is 0 Å². The predicted molar refractivity (Wildman–Crippen MR) is 67.5 cm³/mol. The van der Waals surface area contributed by atoms with Crippen LogP contribution in [0, 0.1) is 0 Å². The molecule has 0 fully saturated rings. The first-order valence-corrected chi connectivity index (χ1v) is 6.23. The van der Waals surface area contributed by atoms with Gasteiger partial charge in [-0.25, -0.2) is 0 Å². The summed E-state index contributed by atoms with van der Waals surface area (Å²) >= 11 is 0. The molecule has 0 aliphatic heterocycles. The zero-order valence-electron chi connectivity index (χ0n) is 10.8. The summed E-state index contributed by atoms with van der Waals surface area (Å²) in [7, 11) is 0. The van der Waals surface area contributed by atoms with Crippen LogP contribution in [0.1, 0.15) is 32.3 Å². The molecule has 0 saturated heterocycles. The van der Waals surface area contributed by atoms with Crippen molar-refractivity contribution in [1.29, 1.82) is 0 Å². The number of alkyl halides is 3. The zero-order valence-corrected chi connectivity index (χ0v) is 10.8. The lowest BCUT2D eigenvalue weighted by Gasteiger charge is -2.21. The maximum atomic E-state index is 12.2. The first-order valence-electron chi connectivity index (χ1n) is 6.23. The molecule has 4 heteroatoms. The fraction of sp³-hybridized carbons (Fsp3) is 0.571. The molecule has 0 saturated carbocycles. The van der Waals surface area contributed by atoms with Crippen molar-refractivity contribution < 1.29 is 13.2 Å². The van der Waals surface area contributed by atoms with Crippen molar-refractivity contribution in [2.75, 3.05) is 0 Å². The summed E-state index contributed by atoms with van der Waals surface area (Å²) < 4.78 is 36.5. The first-order chi connectivity index (χ1) is 8.37. The smallest absolute Gasteiger partial charge is 0.311 e. The Kier molecular flexibility index (Phi) is 5.66. The van der Waals surface area contributed by atoms with Gasteiger partial charge in [0.25, 0.3) is 0 Å². The summed E-state index contributed by atoms with van der Waals surface area (Å²) in [6.07, 6.45) is -3.14. The molecule has 1 aromatic carbocycles. The Morgan fingerprint density at radius 1 is 1.06 bits per heavy atom. The summed E-state index contributed by atoms with van der Waals surface area (Å²) in [5, 5.41) is 2.99. The molecular formula is C14H20F3N. The average molecular weight is 259 g/mol. The van der Waals surface area contributed by atoms with Gasteiger partial charge in [0, 0.05) is 12.1 Å². The standard InChI is InChI=1S/C14H20F3N/c1-11(18-12(2)10-14(15,16)17)8-9-13-6-4-3-5-7-13/h3-7,11-12,18H,8-10H2,1-2H3. The molecule has 0 spiro atoms. The number of aryl methyl sites for hydroxylation is 1. The van der Waals surface area contributed by atoms with Crippen molar-refractivity contribution in [1.82, 2.24) is 5.32 Å². The molecule has 0 amide bonds. The number of halogens is 3. The number of hydrogen-bond acceptors (Lipinski definition) is 1. The van der Waals surface area contributed by atoms with Crippen LogP contribution in [0.15, 0.2) is 30.3 Å². The highest BCUT2D eigenvalue weighted by Crippen LogP contribution is 2.21. The largest absolute Gasteiger partial charge is 0.390 e. The number of rotatable bonds is 6. The van der Waals surface area contributed by atoms with Gasteiger partial charge in [-0.3, -0.25) is 0 Å². The molecule has 0 aromatic heterocycles. The number of nitrogens with one attached hydrogen (secondary N) is 1. The Hall–Kier alpha value is -1.03. The van der Waals surface area contributed by atoms with Gasteiger partial charge in [0.2, 0.25) is 0 Å². The molecule has 2 atom stereocenters. The minimum atomic E-state index is -4.09. The Labute approximate surface area is 106 Å². The van der Waals surface area contributed by atoms with Crippen LogP contribution in [0.4, 0.5) is 13.2 Å². The highest BCUT2D eigenvalue weighted by molar-refractivity contribution is 5.14. The van der Waals surface area contributed by atoms with Crippen molar-refractivity contribution in [2.45, 2.75) is 51.4 Å². The van der Waals surface area contributed by atoms with Gasteiger partial charge in [-0.15, -0.1) is 0 Å². The fourth-order valence-corrected chi connectivity index (χ4v) is 2.00. The molecule has 1 N–H and O–H groups in total. The third-order valence-corrected chi connectivity index (χ3v) is 2.82. The van der Waals surface area contributed by atoms with Gasteiger partial charge in [0.15, 0.2) is 0 Å². The molecule has 102 valence electrons. The van der Waals surface area contributed by atoms with Crippen molar-refractivity contribution in [3.63, 3.8) is 0 Å². The molecule has 1 nitrogen and oxygen atoms in total. The summed E-state index contributed by atoms with van der Waals surface area (Å²) in [6.45, 7) is 3.50. The van der Waals surface area contributed by atoms with E-state index in [0.29, 0.717) is 0 Å². The monoisotopic (exact) mass is 259 g/mol. The van der Waals surface area contributed by atoms with Gasteiger partial charge in [0.05, 0.1) is 6.42 Å². The lowest BCUT2D eigenvalue weighted by Crippen LogP contribution is -2.37. The van der Waals surface area contributed by atoms with Crippen LogP contribution in [-0.4, -0.2) is 18.3 Å². The summed E-state index contributed by atoms with van der Waals surface area (Å²) in [6, 6.07) is 9.52. The van der Waals surface area contributed by atoms with Crippen molar-refractivity contribution in [3.8, 4) is 0 Å². The van der Waals surface area contributed by atoms with Crippen LogP contribution in [0.5, 0.6) is 0 Å². The highest BCUT2D eigenvalue weighted by Gasteiger charge is 2.30. The van der Waals surface area contributed by atoms with Crippen LogP contribution < -0.4 is 5.32 Å². The Bertz CT molecular complexity index is 335. The van der Waals surface area contributed by atoms with E-state index in [2.05, 4.69) is 5.32 Å². The maximum Gasteiger partial charge on any atom is 0.390 e. The van der Waals surface area contributed by atoms with E-state index in [9.17, 15) is 13.2 Å². The third-order valence-electron chi connectivity index (χ3n) is 2.82. The van der Waals surface area contributed by atoms with E-state index >= 15 is 0 Å². The second-order valence-electron chi connectivity index (χ2n) is 4.81. The van der Waals surface area contributed by atoms with Crippen LogP contribution >= 0.6 is 0 Å². The quantitative estimate of drug-likeness (QED) is 0.816. The molecule has 0 radical (unpaired) electrons. The summed E-state index contributed by atoms with van der Waals surface area (Å²) in [5.74, 6) is 0. The van der Waals surface area contributed by atoms with Gasteiger partial charge in [-0.1, -0.05) is 30.3 Å². The number of hydrogen-bond donors (Lipinski definition) is 1. The zero-order chi connectivity index (χ0) is 13.6. The number of benzene rings is 1. The van der Waals surface area contributed by atoms with E-state index in [-0.39, 0.29) is 6.04 Å². The molecule has 18 heavy (non-hydrogen) atoms. The van der Waals surface area contributed by atoms with E-state index in [1.807, 2.05) is 37.3 Å². The van der Waals surface area contributed by atoms with Crippen molar-refractivity contribution in [3.05, 3.63) is 35.9 Å². The van der Waals surface area contributed by atoms with Gasteiger partial charge in [-0.2, -0.15) is 13.2 Å². The van der Waals surface area contributed by atoms with E-state index in [1.54, 1.807) is 6.92 Å². The Morgan fingerprint density at radius 2 is 1.67 bits per heavy atom. The molecule has 1 aromatic rings. The van der Waals surface area contributed by atoms with Crippen molar-refractivity contribution in [2.24, 2.45) is 0 Å². The maximum absolute atomic E-state index is 12.2. The Balaban J connectivity index is 2.27. The lowest BCUT2D eigenvalue weighted by molar-refractivity contribution is -0.139. The summed E-state index contributed by atoms with van der Waals surface area (Å²) in [4.78, 5) is 0. The van der Waals surface area contributed by atoms with E-state index in [0.717, 1.165) is 12.8 Å². The van der Waals surface area contributed by atoms with E-state index in [4.69, 9.17) is 0 Å². The molecule has 0 aliphatic carbocycles. The van der Waals surface area contributed by atoms with E-state index < -0.39 is 18.6 Å². The van der Waals surface area contributed by atoms with Crippen LogP contribution in [-0.2, 0) is 6.42 Å². The van der Waals surface area contributed by atoms with Gasteiger partial charge >= 0.3 is 6.18 Å². The second-order valence-corrected chi connectivity index (χ2v) is 4.81. The van der Waals surface area contributed by atoms with E-state index in [1.165, 1.54) is 5.56 Å². The van der Waals surface area contributed by atoms with Crippen LogP contribution in [0.3, 0.4) is 0 Å². The van der Waals surface area contributed by atoms with Crippen LogP contribution in [0.2, 0.25) is 0 Å². The molecule has 1 rings (SSSR count). The topological polar surface area (TPSA) is 12.0 Å². The lowest BCUT2D eigenvalue weighted by atomic mass is 10.1. The normalized spacial score (nSPS) is 15.4. The first kappa shape index (κ1) is 15.0. The minimum Gasteiger partial charge on any atom is -0.311 e. The SMILES string of the molecule is CC(CCc1ccccc1)NC(C)CC(F)(F)F. The highest BCUT2D eigenvalue weighted by atomic mass is 19.4. The molecular weight excluding hydrogens is 239 g/mol. The predicted octanol–water partition coefficient (Wildman–Crippen LogP) is 3.94. The van der Waals surface area contributed by atoms with Crippen molar-refractivity contribution >= 4 is 0 Å². The second kappa shape index (κ2) is 6.78. The third kappa shape index (κ3) is 6.64. The molecule has 0 aliphatic rings. The van der Waals surface area contributed by atoms with Gasteiger partial charge in [0.1, 0.15) is 0 Å². The average Bonchev–Trinajstić information content (AvgIpc) is 2.25. The molecule has 0 heterocycles. The summed E-state index contributed by atoms with van der Waals surface area (Å²) in [5.41, 5.74) is 1.22. The fourth-order valence-electron chi connectivity index (χ4n) is 2.00. The van der Waals surface area contributed by atoms with Gasteiger partial charge < -0.3 is 5.32 Å². The van der Waals surface area contributed by atoms with Gasteiger partial charge in [-0.05, 0) is 32.3 Å². The Morgan fingerprint density at radius 3 is 2.22 bits per heavy atom. The molecule has 2 unspecified atom stereocenters. The minimum absolute atomic E-state index is 0.0857.